The lowest BCUT2D eigenvalue weighted by Crippen LogP contribution is -2.06. The van der Waals surface area contributed by atoms with Crippen molar-refractivity contribution in [3.8, 4) is 5.75 Å². The number of benzene rings is 2. The van der Waals surface area contributed by atoms with Gasteiger partial charge in [0.25, 0.3) is 0 Å². The van der Waals surface area contributed by atoms with Gasteiger partial charge in [0, 0.05) is 5.56 Å². The fourth-order valence-corrected chi connectivity index (χ4v) is 2.46. The molecule has 0 saturated heterocycles. The van der Waals surface area contributed by atoms with E-state index in [0.29, 0.717) is 36.7 Å². The molecule has 21 heavy (non-hydrogen) atoms. The van der Waals surface area contributed by atoms with Crippen molar-refractivity contribution in [3.63, 3.8) is 0 Å². The number of carbonyl (C=O) groups excluding carboxylic acids is 1. The van der Waals surface area contributed by atoms with Gasteiger partial charge in [0.05, 0.1) is 25.4 Å². The summed E-state index contributed by atoms with van der Waals surface area (Å²) in [7, 11) is 0. The lowest BCUT2D eigenvalue weighted by Gasteiger charge is -2.10. The second-order valence-electron chi connectivity index (χ2n) is 5.15. The van der Waals surface area contributed by atoms with Crippen LogP contribution in [0.5, 0.6) is 5.75 Å². The van der Waals surface area contributed by atoms with E-state index in [1.807, 2.05) is 49.4 Å². The maximum absolute atomic E-state index is 12.7. The van der Waals surface area contributed by atoms with Gasteiger partial charge in [-0.15, -0.1) is 0 Å². The van der Waals surface area contributed by atoms with E-state index >= 15 is 0 Å². The molecule has 3 nitrogen and oxygen atoms in total. The van der Waals surface area contributed by atoms with Gasteiger partial charge in [0.2, 0.25) is 0 Å². The third-order valence-electron chi connectivity index (χ3n) is 3.58. The van der Waals surface area contributed by atoms with Crippen LogP contribution in [0.2, 0.25) is 0 Å². The summed E-state index contributed by atoms with van der Waals surface area (Å²) in [6, 6.07) is 13.2. The number of para-hydroxylation sites is 1. The van der Waals surface area contributed by atoms with E-state index in [2.05, 4.69) is 0 Å². The van der Waals surface area contributed by atoms with Crippen LogP contribution >= 0.6 is 0 Å². The van der Waals surface area contributed by atoms with Gasteiger partial charge in [-0.1, -0.05) is 31.2 Å². The normalized spacial score (nSPS) is 13.0. The molecule has 0 saturated carbocycles. The van der Waals surface area contributed by atoms with Crippen molar-refractivity contribution in [2.45, 2.75) is 26.6 Å². The van der Waals surface area contributed by atoms with E-state index in [9.17, 15) is 4.79 Å². The molecule has 0 unspecified atom stereocenters. The topological polar surface area (TPSA) is 35.5 Å². The Balaban J connectivity index is 1.91. The summed E-state index contributed by atoms with van der Waals surface area (Å²) in [5.74, 6) is 0.650. The Bertz CT molecular complexity index is 661. The van der Waals surface area contributed by atoms with Crippen molar-refractivity contribution >= 4 is 5.78 Å². The Morgan fingerprint density at radius 2 is 1.95 bits per heavy atom. The van der Waals surface area contributed by atoms with Gasteiger partial charge < -0.3 is 9.47 Å². The zero-order valence-electron chi connectivity index (χ0n) is 12.1. The van der Waals surface area contributed by atoms with Crippen LogP contribution in [-0.2, 0) is 18.0 Å². The largest absolute Gasteiger partial charge is 0.493 e. The van der Waals surface area contributed by atoms with Crippen LogP contribution in [0.1, 0.15) is 40.4 Å². The molecule has 0 N–H and O–H groups in total. The second-order valence-corrected chi connectivity index (χ2v) is 5.15. The zero-order chi connectivity index (χ0) is 14.7. The zero-order valence-corrected chi connectivity index (χ0v) is 12.1. The SMILES string of the molecule is CCCOc1ccccc1C(=O)c1ccc2c(c1)COC2. The summed E-state index contributed by atoms with van der Waals surface area (Å²) >= 11 is 0. The molecular formula is C18H18O3. The van der Waals surface area contributed by atoms with Crippen LogP contribution in [0.25, 0.3) is 0 Å². The Hall–Kier alpha value is -2.13. The highest BCUT2D eigenvalue weighted by Gasteiger charge is 2.18. The van der Waals surface area contributed by atoms with Crippen molar-refractivity contribution in [2.75, 3.05) is 6.61 Å². The van der Waals surface area contributed by atoms with Crippen molar-refractivity contribution in [1.82, 2.24) is 0 Å². The van der Waals surface area contributed by atoms with E-state index in [1.165, 1.54) is 5.56 Å². The molecule has 0 radical (unpaired) electrons. The molecule has 1 heterocycles. The quantitative estimate of drug-likeness (QED) is 0.784. The van der Waals surface area contributed by atoms with E-state index in [0.717, 1.165) is 12.0 Å². The first kappa shape index (κ1) is 13.8. The highest BCUT2D eigenvalue weighted by molar-refractivity contribution is 6.10. The van der Waals surface area contributed by atoms with Crippen LogP contribution in [0.4, 0.5) is 0 Å². The summed E-state index contributed by atoms with van der Waals surface area (Å²) in [4.78, 5) is 12.7. The minimum Gasteiger partial charge on any atom is -0.493 e. The maximum Gasteiger partial charge on any atom is 0.196 e. The van der Waals surface area contributed by atoms with Crippen molar-refractivity contribution in [1.29, 1.82) is 0 Å². The summed E-state index contributed by atoms with van der Waals surface area (Å²) < 4.78 is 11.1. The number of hydrogen-bond donors (Lipinski definition) is 0. The molecule has 0 spiro atoms. The summed E-state index contributed by atoms with van der Waals surface area (Å²) in [6.07, 6.45) is 0.915. The summed E-state index contributed by atoms with van der Waals surface area (Å²) in [5.41, 5.74) is 3.58. The molecule has 2 aromatic carbocycles. The van der Waals surface area contributed by atoms with Gasteiger partial charge in [-0.05, 0) is 35.7 Å². The number of carbonyl (C=O) groups is 1. The molecule has 1 aliphatic rings. The first-order chi connectivity index (χ1) is 10.3. The van der Waals surface area contributed by atoms with Gasteiger partial charge >= 0.3 is 0 Å². The molecule has 0 fully saturated rings. The predicted octanol–water partition coefficient (Wildman–Crippen LogP) is 3.74. The first-order valence-electron chi connectivity index (χ1n) is 7.25. The van der Waals surface area contributed by atoms with Gasteiger partial charge in [-0.3, -0.25) is 4.79 Å². The maximum atomic E-state index is 12.7. The van der Waals surface area contributed by atoms with Crippen LogP contribution in [0.3, 0.4) is 0 Å². The van der Waals surface area contributed by atoms with E-state index < -0.39 is 0 Å². The molecular weight excluding hydrogens is 264 g/mol. The fraction of sp³-hybridized carbons (Fsp3) is 0.278. The van der Waals surface area contributed by atoms with Crippen LogP contribution in [0, 0.1) is 0 Å². The van der Waals surface area contributed by atoms with Gasteiger partial charge in [-0.25, -0.2) is 0 Å². The third kappa shape index (κ3) is 2.83. The fourth-order valence-electron chi connectivity index (χ4n) is 2.46. The number of ketones is 1. The second kappa shape index (κ2) is 6.10. The number of rotatable bonds is 5. The molecule has 2 aromatic rings. The molecule has 1 aliphatic heterocycles. The smallest absolute Gasteiger partial charge is 0.196 e. The van der Waals surface area contributed by atoms with Crippen molar-refractivity contribution in [3.05, 3.63) is 64.7 Å². The van der Waals surface area contributed by atoms with Crippen LogP contribution in [-0.4, -0.2) is 12.4 Å². The number of fused-ring (bicyclic) bond motifs is 1. The van der Waals surface area contributed by atoms with Gasteiger partial charge in [0.15, 0.2) is 5.78 Å². The van der Waals surface area contributed by atoms with E-state index in [-0.39, 0.29) is 5.78 Å². The van der Waals surface area contributed by atoms with E-state index in [4.69, 9.17) is 9.47 Å². The van der Waals surface area contributed by atoms with E-state index in [1.54, 1.807) is 0 Å². The lowest BCUT2D eigenvalue weighted by molar-refractivity contribution is 0.103. The summed E-state index contributed by atoms with van der Waals surface area (Å²) in [5, 5.41) is 0. The average Bonchev–Trinajstić information content (AvgIpc) is 3.00. The lowest BCUT2D eigenvalue weighted by atomic mass is 9.99. The number of hydrogen-bond acceptors (Lipinski definition) is 3. The molecule has 3 heteroatoms. The van der Waals surface area contributed by atoms with Gasteiger partial charge in [-0.2, -0.15) is 0 Å². The highest BCUT2D eigenvalue weighted by Crippen LogP contribution is 2.25. The molecule has 0 aliphatic carbocycles. The monoisotopic (exact) mass is 282 g/mol. The van der Waals surface area contributed by atoms with Crippen molar-refractivity contribution in [2.24, 2.45) is 0 Å². The number of ether oxygens (including phenoxy) is 2. The Morgan fingerprint density at radius 3 is 2.81 bits per heavy atom. The highest BCUT2D eigenvalue weighted by atomic mass is 16.5. The van der Waals surface area contributed by atoms with Crippen LogP contribution < -0.4 is 4.74 Å². The average molecular weight is 282 g/mol. The van der Waals surface area contributed by atoms with Crippen LogP contribution in [0.15, 0.2) is 42.5 Å². The van der Waals surface area contributed by atoms with Gasteiger partial charge in [0.1, 0.15) is 5.75 Å². The molecule has 0 atom stereocenters. The predicted molar refractivity (Wildman–Crippen MR) is 80.6 cm³/mol. The minimum absolute atomic E-state index is 0.00333. The molecule has 0 bridgehead atoms. The Morgan fingerprint density at radius 1 is 1.14 bits per heavy atom. The Kier molecular flexibility index (Phi) is 4.02. The van der Waals surface area contributed by atoms with Crippen molar-refractivity contribution < 1.29 is 14.3 Å². The summed E-state index contributed by atoms with van der Waals surface area (Å²) in [6.45, 7) is 3.89. The third-order valence-corrected chi connectivity index (χ3v) is 3.58. The molecule has 0 amide bonds. The molecule has 108 valence electrons. The molecule has 0 aromatic heterocycles. The first-order valence-corrected chi connectivity index (χ1v) is 7.25. The standard InChI is InChI=1S/C18H18O3/c1-2-9-21-17-6-4-3-5-16(17)18(19)13-7-8-14-11-20-12-15(14)10-13/h3-8,10H,2,9,11-12H2,1H3. The molecule has 3 rings (SSSR count). The Labute approximate surface area is 124 Å². The minimum atomic E-state index is -0.00333.